The molecule has 0 nitrogen and oxygen atoms in total. The molecule has 0 aliphatic rings. The Labute approximate surface area is 187 Å². The fourth-order valence-corrected chi connectivity index (χ4v) is 4.60. The van der Waals surface area contributed by atoms with Gasteiger partial charge in [0.2, 0.25) is 0 Å². The van der Waals surface area contributed by atoms with Gasteiger partial charge in [0, 0.05) is 19.5 Å². The van der Waals surface area contributed by atoms with Crippen molar-refractivity contribution in [3.05, 3.63) is 115 Å². The first-order valence-corrected chi connectivity index (χ1v) is 11.6. The van der Waals surface area contributed by atoms with Gasteiger partial charge in [0.1, 0.15) is 0 Å². The minimum atomic E-state index is 1.23. The van der Waals surface area contributed by atoms with Crippen LogP contribution in [-0.2, 0) is 0 Å². The summed E-state index contributed by atoms with van der Waals surface area (Å²) in [5, 5.41) is 0. The fraction of sp³-hybridized carbons (Fsp3) is 0.0714. The van der Waals surface area contributed by atoms with Gasteiger partial charge in [-0.1, -0.05) is 71.8 Å². The Balaban J connectivity index is 1.37. The van der Waals surface area contributed by atoms with Crippen LogP contribution in [0.25, 0.3) is 36.5 Å². The van der Waals surface area contributed by atoms with Gasteiger partial charge in [-0.3, -0.25) is 0 Å². The fourth-order valence-electron chi connectivity index (χ4n) is 2.97. The Bertz CT molecular complexity index is 1080. The van der Waals surface area contributed by atoms with Crippen molar-refractivity contribution in [1.82, 2.24) is 0 Å². The topological polar surface area (TPSA) is 0 Å². The lowest BCUT2D eigenvalue weighted by Gasteiger charge is -1.94. The molecular weight excluding hydrogens is 400 g/mol. The molecule has 0 bridgehead atoms. The molecular formula is C28H24S2. The maximum atomic E-state index is 2.20. The molecule has 30 heavy (non-hydrogen) atoms. The largest absolute Gasteiger partial charge is 0.137 e. The number of aryl methyl sites for hydroxylation is 2. The SMILES string of the molecule is Cc1ccc(C=Cc2ccc(C=Cc3ccc(C=Cc4ccc(C)cc4)s3)s2)cc1. The van der Waals surface area contributed by atoms with Crippen molar-refractivity contribution in [3.63, 3.8) is 0 Å². The molecule has 0 radical (unpaired) electrons. The predicted octanol–water partition coefficient (Wildman–Crippen LogP) is 8.94. The van der Waals surface area contributed by atoms with Gasteiger partial charge < -0.3 is 0 Å². The van der Waals surface area contributed by atoms with Crippen LogP contribution in [0.4, 0.5) is 0 Å². The third kappa shape index (κ3) is 5.79. The highest BCUT2D eigenvalue weighted by Gasteiger charge is 1.97. The second-order valence-electron chi connectivity index (χ2n) is 7.30. The first-order chi connectivity index (χ1) is 14.6. The molecule has 0 unspecified atom stereocenters. The minimum absolute atomic E-state index is 1.23. The van der Waals surface area contributed by atoms with E-state index in [2.05, 4.69) is 123 Å². The van der Waals surface area contributed by atoms with Crippen LogP contribution in [0.15, 0.2) is 72.8 Å². The number of benzene rings is 2. The third-order valence-electron chi connectivity index (χ3n) is 4.74. The second-order valence-corrected chi connectivity index (χ2v) is 9.60. The molecule has 0 amide bonds. The van der Waals surface area contributed by atoms with Crippen molar-refractivity contribution < 1.29 is 0 Å². The standard InChI is InChI=1S/C28H24S2/c1-21-3-7-23(8-4-21)11-13-25-15-17-27(29-25)19-20-28-18-16-26(30-28)14-12-24-9-5-22(2)6-10-24/h3-20H,1-2H3. The molecule has 2 aromatic heterocycles. The van der Waals surface area contributed by atoms with Gasteiger partial charge >= 0.3 is 0 Å². The molecule has 2 heteroatoms. The Hall–Kier alpha value is -2.94. The molecule has 0 atom stereocenters. The lowest BCUT2D eigenvalue weighted by molar-refractivity contribution is 1.46. The van der Waals surface area contributed by atoms with E-state index < -0.39 is 0 Å². The molecule has 0 aliphatic heterocycles. The van der Waals surface area contributed by atoms with Crippen molar-refractivity contribution in [2.24, 2.45) is 0 Å². The van der Waals surface area contributed by atoms with Gasteiger partial charge in [0.15, 0.2) is 0 Å². The van der Waals surface area contributed by atoms with E-state index in [9.17, 15) is 0 Å². The lowest BCUT2D eigenvalue weighted by Crippen LogP contribution is -1.72. The zero-order valence-electron chi connectivity index (χ0n) is 17.2. The zero-order chi connectivity index (χ0) is 20.8. The number of hydrogen-bond acceptors (Lipinski definition) is 2. The van der Waals surface area contributed by atoms with E-state index in [1.165, 1.54) is 41.8 Å². The number of hydrogen-bond donors (Lipinski definition) is 0. The van der Waals surface area contributed by atoms with Crippen LogP contribution in [0.1, 0.15) is 41.8 Å². The van der Waals surface area contributed by atoms with Gasteiger partial charge in [-0.15, -0.1) is 22.7 Å². The summed E-state index contributed by atoms with van der Waals surface area (Å²) in [5.41, 5.74) is 5.04. The summed E-state index contributed by atoms with van der Waals surface area (Å²) in [5.74, 6) is 0. The average molecular weight is 425 g/mol. The Morgan fingerprint density at radius 2 is 0.700 bits per heavy atom. The molecule has 0 saturated carbocycles. The Morgan fingerprint density at radius 3 is 1.03 bits per heavy atom. The zero-order valence-corrected chi connectivity index (χ0v) is 18.8. The highest BCUT2D eigenvalue weighted by molar-refractivity contribution is 7.14. The Morgan fingerprint density at radius 1 is 0.400 bits per heavy atom. The molecule has 0 N–H and O–H groups in total. The van der Waals surface area contributed by atoms with E-state index in [0.29, 0.717) is 0 Å². The molecule has 2 heterocycles. The van der Waals surface area contributed by atoms with E-state index >= 15 is 0 Å². The van der Waals surface area contributed by atoms with Crippen LogP contribution in [0.5, 0.6) is 0 Å². The summed E-state index contributed by atoms with van der Waals surface area (Å²) in [7, 11) is 0. The molecule has 4 rings (SSSR count). The van der Waals surface area contributed by atoms with Crippen LogP contribution >= 0.6 is 22.7 Å². The Kier molecular flexibility index (Phi) is 6.58. The summed E-state index contributed by atoms with van der Waals surface area (Å²) < 4.78 is 0. The van der Waals surface area contributed by atoms with Gasteiger partial charge in [-0.25, -0.2) is 0 Å². The maximum absolute atomic E-state index is 2.20. The van der Waals surface area contributed by atoms with Gasteiger partial charge in [0.05, 0.1) is 0 Å². The summed E-state index contributed by atoms with van der Waals surface area (Å²) in [6.45, 7) is 4.23. The third-order valence-corrected chi connectivity index (χ3v) is 6.77. The van der Waals surface area contributed by atoms with Crippen molar-refractivity contribution in [3.8, 4) is 0 Å². The van der Waals surface area contributed by atoms with Gasteiger partial charge in [0.25, 0.3) is 0 Å². The van der Waals surface area contributed by atoms with E-state index in [0.717, 1.165) is 0 Å². The first-order valence-electron chi connectivity index (χ1n) is 10.0. The first kappa shape index (κ1) is 20.3. The molecule has 4 aromatic rings. The van der Waals surface area contributed by atoms with Crippen LogP contribution in [0.3, 0.4) is 0 Å². The molecule has 148 valence electrons. The van der Waals surface area contributed by atoms with Crippen molar-refractivity contribution in [1.29, 1.82) is 0 Å². The smallest absolute Gasteiger partial charge is 0.0277 e. The van der Waals surface area contributed by atoms with Crippen LogP contribution in [-0.4, -0.2) is 0 Å². The van der Waals surface area contributed by atoms with Crippen LogP contribution in [0, 0.1) is 13.8 Å². The highest BCUT2D eigenvalue weighted by atomic mass is 32.1. The van der Waals surface area contributed by atoms with Crippen molar-refractivity contribution in [2.75, 3.05) is 0 Å². The van der Waals surface area contributed by atoms with Crippen LogP contribution in [0.2, 0.25) is 0 Å². The van der Waals surface area contributed by atoms with E-state index in [1.54, 1.807) is 0 Å². The summed E-state index contributed by atoms with van der Waals surface area (Å²) >= 11 is 3.61. The van der Waals surface area contributed by atoms with Gasteiger partial charge in [-0.05, 0) is 73.5 Å². The number of rotatable bonds is 6. The quantitative estimate of drug-likeness (QED) is 0.290. The molecule has 0 aliphatic carbocycles. The summed E-state index contributed by atoms with van der Waals surface area (Å²) in [6.07, 6.45) is 13.1. The van der Waals surface area contributed by atoms with E-state index in [1.807, 2.05) is 22.7 Å². The second kappa shape index (κ2) is 9.71. The molecule has 0 saturated heterocycles. The summed E-state index contributed by atoms with van der Waals surface area (Å²) in [4.78, 5) is 5.07. The van der Waals surface area contributed by atoms with Crippen molar-refractivity contribution in [2.45, 2.75) is 13.8 Å². The van der Waals surface area contributed by atoms with E-state index in [-0.39, 0.29) is 0 Å². The molecule has 0 spiro atoms. The van der Waals surface area contributed by atoms with Crippen molar-refractivity contribution >= 4 is 59.1 Å². The predicted molar refractivity (Wildman–Crippen MR) is 138 cm³/mol. The highest BCUT2D eigenvalue weighted by Crippen LogP contribution is 2.24. The molecule has 0 fully saturated rings. The average Bonchev–Trinajstić information content (AvgIpc) is 3.41. The number of thiophene rings is 2. The van der Waals surface area contributed by atoms with Crippen LogP contribution < -0.4 is 0 Å². The monoisotopic (exact) mass is 424 g/mol. The molecule has 2 aromatic carbocycles. The van der Waals surface area contributed by atoms with Gasteiger partial charge in [-0.2, -0.15) is 0 Å². The lowest BCUT2D eigenvalue weighted by atomic mass is 10.1. The minimum Gasteiger partial charge on any atom is -0.137 e. The summed E-state index contributed by atoms with van der Waals surface area (Å²) in [6, 6.07) is 25.9. The van der Waals surface area contributed by atoms with E-state index in [4.69, 9.17) is 0 Å². The normalized spacial score (nSPS) is 11.9. The maximum Gasteiger partial charge on any atom is 0.0277 e.